The number of rotatable bonds is 3. The summed E-state index contributed by atoms with van der Waals surface area (Å²) in [5.74, 6) is 0.546. The van der Waals surface area contributed by atoms with Crippen LogP contribution in [0.3, 0.4) is 0 Å². The molecule has 2 heterocycles. The number of aliphatic hydroxyl groups excluding tert-OH is 1. The van der Waals surface area contributed by atoms with Gasteiger partial charge in [-0.05, 0) is 18.3 Å². The minimum absolute atomic E-state index is 0.0367. The summed E-state index contributed by atoms with van der Waals surface area (Å²) < 4.78 is 2.76. The van der Waals surface area contributed by atoms with Crippen molar-refractivity contribution in [1.82, 2.24) is 14.8 Å². The Morgan fingerprint density at radius 2 is 2.44 bits per heavy atom. The van der Waals surface area contributed by atoms with E-state index in [1.54, 1.807) is 16.7 Å². The first kappa shape index (κ1) is 10.8. The average molecular weight is 238 g/mol. The van der Waals surface area contributed by atoms with Crippen LogP contribution < -0.4 is 4.73 Å². The van der Waals surface area contributed by atoms with E-state index in [0.29, 0.717) is 27.4 Å². The van der Waals surface area contributed by atoms with Gasteiger partial charge < -0.3 is 10.3 Å². The fraction of sp³-hybridized carbons (Fsp3) is 0.222. The summed E-state index contributed by atoms with van der Waals surface area (Å²) in [5.41, 5.74) is 0.651. The van der Waals surface area contributed by atoms with Crippen LogP contribution in [-0.4, -0.2) is 26.5 Å². The van der Waals surface area contributed by atoms with Gasteiger partial charge >= 0.3 is 0 Å². The average Bonchev–Trinajstić information content (AvgIpc) is 2.61. The lowest BCUT2D eigenvalue weighted by Crippen LogP contribution is -2.24. The van der Waals surface area contributed by atoms with Crippen LogP contribution in [0.2, 0.25) is 0 Å². The van der Waals surface area contributed by atoms with Gasteiger partial charge in [0.2, 0.25) is 0 Å². The highest BCUT2D eigenvalue weighted by Gasteiger charge is 2.10. The Balaban J connectivity index is 2.51. The third kappa shape index (κ3) is 1.95. The molecule has 0 aromatic carbocycles. The molecule has 0 amide bonds. The predicted molar refractivity (Wildman–Crippen MR) is 58.9 cm³/mol. The van der Waals surface area contributed by atoms with Gasteiger partial charge in [-0.1, -0.05) is 0 Å². The number of nitrogens with zero attached hydrogens (tertiary/aromatic N) is 3. The molecule has 0 bridgehead atoms. The van der Waals surface area contributed by atoms with Crippen molar-refractivity contribution in [2.24, 2.45) is 0 Å². The molecule has 2 aromatic heterocycles. The quantitative estimate of drug-likeness (QED) is 0.456. The van der Waals surface area contributed by atoms with Crippen molar-refractivity contribution in [3.8, 4) is 11.4 Å². The Labute approximate surface area is 96.4 Å². The van der Waals surface area contributed by atoms with Gasteiger partial charge in [0.25, 0.3) is 0 Å². The molecule has 7 heteroatoms. The van der Waals surface area contributed by atoms with E-state index in [-0.39, 0.29) is 6.61 Å². The molecule has 0 saturated carbocycles. The first-order chi connectivity index (χ1) is 7.72. The van der Waals surface area contributed by atoms with E-state index in [1.165, 1.54) is 12.4 Å². The zero-order valence-corrected chi connectivity index (χ0v) is 9.15. The van der Waals surface area contributed by atoms with Gasteiger partial charge in [-0.15, -0.1) is 0 Å². The molecule has 0 saturated heterocycles. The summed E-state index contributed by atoms with van der Waals surface area (Å²) in [4.78, 5) is 0. The van der Waals surface area contributed by atoms with Crippen molar-refractivity contribution >= 4 is 12.2 Å². The number of aromatic nitrogens is 4. The standard InChI is InChI=1S/C9H10N4O2S/c14-5-4-13-8(10-11-9(13)16)7-2-1-3-12(15)6-7/h1-3,6,14H,4-5H2,(H,11,16). The largest absolute Gasteiger partial charge is 0.619 e. The van der Waals surface area contributed by atoms with Crippen LogP contribution in [0.4, 0.5) is 0 Å². The van der Waals surface area contributed by atoms with Crippen LogP contribution in [0.1, 0.15) is 0 Å². The van der Waals surface area contributed by atoms with Gasteiger partial charge in [0.15, 0.2) is 23.0 Å². The molecular weight excluding hydrogens is 228 g/mol. The van der Waals surface area contributed by atoms with Crippen molar-refractivity contribution in [3.63, 3.8) is 0 Å². The highest BCUT2D eigenvalue weighted by molar-refractivity contribution is 7.71. The Kier molecular flexibility index (Phi) is 2.97. The second kappa shape index (κ2) is 4.42. The van der Waals surface area contributed by atoms with Crippen LogP contribution in [-0.2, 0) is 6.54 Å². The minimum atomic E-state index is -0.0367. The Morgan fingerprint density at radius 1 is 1.62 bits per heavy atom. The van der Waals surface area contributed by atoms with E-state index in [4.69, 9.17) is 17.3 Å². The van der Waals surface area contributed by atoms with E-state index in [1.807, 2.05) is 0 Å². The molecule has 0 aliphatic heterocycles. The predicted octanol–water partition coefficient (Wildman–Crippen LogP) is 0.233. The highest BCUT2D eigenvalue weighted by atomic mass is 32.1. The number of H-pyrrole nitrogens is 1. The fourth-order valence-corrected chi connectivity index (χ4v) is 1.66. The number of pyridine rings is 1. The van der Waals surface area contributed by atoms with Crippen molar-refractivity contribution < 1.29 is 9.84 Å². The van der Waals surface area contributed by atoms with Crippen LogP contribution in [0.5, 0.6) is 0 Å². The van der Waals surface area contributed by atoms with E-state index < -0.39 is 0 Å². The molecule has 0 aliphatic rings. The lowest BCUT2D eigenvalue weighted by atomic mass is 10.3. The summed E-state index contributed by atoms with van der Waals surface area (Å²) in [6, 6.07) is 3.39. The molecule has 0 atom stereocenters. The van der Waals surface area contributed by atoms with Gasteiger partial charge in [-0.25, -0.2) is 0 Å². The van der Waals surface area contributed by atoms with Gasteiger partial charge in [-0.2, -0.15) is 9.83 Å². The van der Waals surface area contributed by atoms with E-state index in [2.05, 4.69) is 10.2 Å². The second-order valence-electron chi connectivity index (χ2n) is 3.18. The molecule has 2 aromatic rings. The highest BCUT2D eigenvalue weighted by Crippen LogP contribution is 2.14. The van der Waals surface area contributed by atoms with Crippen molar-refractivity contribution in [3.05, 3.63) is 34.5 Å². The molecule has 6 nitrogen and oxygen atoms in total. The fourth-order valence-electron chi connectivity index (χ4n) is 1.43. The van der Waals surface area contributed by atoms with E-state index >= 15 is 0 Å². The third-order valence-corrected chi connectivity index (χ3v) is 2.43. The lowest BCUT2D eigenvalue weighted by molar-refractivity contribution is -0.604. The number of hydrogen-bond acceptors (Lipinski definition) is 4. The summed E-state index contributed by atoms with van der Waals surface area (Å²) in [6.07, 6.45) is 2.79. The summed E-state index contributed by atoms with van der Waals surface area (Å²) >= 11 is 5.02. The van der Waals surface area contributed by atoms with Crippen molar-refractivity contribution in [2.45, 2.75) is 6.54 Å². The smallest absolute Gasteiger partial charge is 0.195 e. The maximum atomic E-state index is 11.1. The maximum absolute atomic E-state index is 11.1. The van der Waals surface area contributed by atoms with E-state index in [0.717, 1.165) is 0 Å². The molecular formula is C9H10N4O2S. The van der Waals surface area contributed by atoms with Gasteiger partial charge in [-0.3, -0.25) is 9.67 Å². The monoisotopic (exact) mass is 238 g/mol. The Bertz CT molecular complexity index is 548. The molecule has 84 valence electrons. The first-order valence-electron chi connectivity index (χ1n) is 4.67. The van der Waals surface area contributed by atoms with Crippen LogP contribution >= 0.6 is 12.2 Å². The summed E-state index contributed by atoms with van der Waals surface area (Å²) in [7, 11) is 0. The zero-order valence-electron chi connectivity index (χ0n) is 8.33. The molecule has 0 spiro atoms. The number of hydrogen-bond donors (Lipinski definition) is 2. The molecule has 0 aliphatic carbocycles. The molecule has 0 radical (unpaired) electrons. The van der Waals surface area contributed by atoms with Crippen LogP contribution in [0.25, 0.3) is 11.4 Å². The molecule has 16 heavy (non-hydrogen) atoms. The minimum Gasteiger partial charge on any atom is -0.619 e. The molecule has 0 unspecified atom stereocenters. The number of aliphatic hydroxyl groups is 1. The Morgan fingerprint density at radius 3 is 3.12 bits per heavy atom. The van der Waals surface area contributed by atoms with E-state index in [9.17, 15) is 5.21 Å². The molecule has 2 rings (SSSR count). The zero-order chi connectivity index (χ0) is 11.5. The van der Waals surface area contributed by atoms with Gasteiger partial charge in [0, 0.05) is 6.07 Å². The van der Waals surface area contributed by atoms with Gasteiger partial charge in [0.1, 0.15) is 0 Å². The third-order valence-electron chi connectivity index (χ3n) is 2.12. The number of aromatic amines is 1. The first-order valence-corrected chi connectivity index (χ1v) is 5.08. The van der Waals surface area contributed by atoms with Crippen molar-refractivity contribution in [2.75, 3.05) is 6.61 Å². The number of nitrogens with one attached hydrogen (secondary N) is 1. The normalized spacial score (nSPS) is 10.6. The molecule has 0 fully saturated rings. The van der Waals surface area contributed by atoms with Crippen LogP contribution in [0.15, 0.2) is 24.5 Å². The summed E-state index contributed by atoms with van der Waals surface area (Å²) in [5, 5.41) is 26.7. The second-order valence-corrected chi connectivity index (χ2v) is 3.57. The Hall–Kier alpha value is -1.73. The van der Waals surface area contributed by atoms with Crippen molar-refractivity contribution in [1.29, 1.82) is 0 Å². The topological polar surface area (TPSA) is 80.8 Å². The maximum Gasteiger partial charge on any atom is 0.195 e. The SMILES string of the molecule is [O-][n+]1cccc(-c2n[nH]c(=S)n2CCO)c1. The lowest BCUT2D eigenvalue weighted by Gasteiger charge is -2.03. The summed E-state index contributed by atoms with van der Waals surface area (Å²) in [6.45, 7) is 0.309. The van der Waals surface area contributed by atoms with Crippen LogP contribution in [0, 0.1) is 9.98 Å². The van der Waals surface area contributed by atoms with Gasteiger partial charge in [0.05, 0.1) is 18.7 Å². The molecule has 2 N–H and O–H groups in total.